The minimum absolute atomic E-state index is 0.156. The molecule has 0 unspecified atom stereocenters. The highest BCUT2D eigenvalue weighted by Gasteiger charge is 2.33. The van der Waals surface area contributed by atoms with Crippen LogP contribution in [-0.2, 0) is 6.18 Å². The lowest BCUT2D eigenvalue weighted by molar-refractivity contribution is -0.137. The van der Waals surface area contributed by atoms with Gasteiger partial charge in [0.05, 0.1) is 16.8 Å². The molecule has 6 nitrogen and oxygen atoms in total. The SMILES string of the molecule is Cc1ccc(Nc2nc(Nc3ccc(C)cc3)c(/N=N/c3ccccc3C(F)(F)F)c(C)c2C#N)cc1. The average Bonchev–Trinajstić information content (AvgIpc) is 2.86. The van der Waals surface area contributed by atoms with E-state index in [4.69, 9.17) is 0 Å². The highest BCUT2D eigenvalue weighted by molar-refractivity contribution is 5.79. The minimum Gasteiger partial charge on any atom is -0.339 e. The normalized spacial score (nSPS) is 11.4. The van der Waals surface area contributed by atoms with Gasteiger partial charge in [0.15, 0.2) is 11.6 Å². The Morgan fingerprint density at radius 2 is 1.30 bits per heavy atom. The molecule has 37 heavy (non-hydrogen) atoms. The number of hydrogen-bond acceptors (Lipinski definition) is 6. The quantitative estimate of drug-likeness (QED) is 0.259. The number of aromatic nitrogens is 1. The Balaban J connectivity index is 1.84. The van der Waals surface area contributed by atoms with Crippen molar-refractivity contribution in [3.63, 3.8) is 0 Å². The van der Waals surface area contributed by atoms with Gasteiger partial charge in [0.25, 0.3) is 0 Å². The van der Waals surface area contributed by atoms with Crippen molar-refractivity contribution in [3.05, 3.63) is 101 Å². The van der Waals surface area contributed by atoms with Crippen molar-refractivity contribution in [2.24, 2.45) is 10.2 Å². The first-order valence-corrected chi connectivity index (χ1v) is 11.4. The number of aryl methyl sites for hydroxylation is 2. The molecule has 0 amide bonds. The molecule has 0 aliphatic rings. The number of azo groups is 1. The van der Waals surface area contributed by atoms with E-state index in [9.17, 15) is 18.4 Å². The molecule has 0 fully saturated rings. The van der Waals surface area contributed by atoms with Gasteiger partial charge >= 0.3 is 6.18 Å². The molecule has 0 aliphatic heterocycles. The lowest BCUT2D eigenvalue weighted by Gasteiger charge is -2.16. The van der Waals surface area contributed by atoms with Crippen LogP contribution in [0.5, 0.6) is 0 Å². The van der Waals surface area contributed by atoms with E-state index in [0.29, 0.717) is 11.3 Å². The van der Waals surface area contributed by atoms with Gasteiger partial charge in [-0.15, -0.1) is 10.2 Å². The first-order valence-electron chi connectivity index (χ1n) is 11.4. The molecular weight excluding hydrogens is 477 g/mol. The number of pyridine rings is 1. The maximum absolute atomic E-state index is 13.5. The second-order valence-corrected chi connectivity index (χ2v) is 8.47. The van der Waals surface area contributed by atoms with E-state index in [-0.39, 0.29) is 28.6 Å². The van der Waals surface area contributed by atoms with E-state index in [1.807, 2.05) is 62.4 Å². The number of nitrogens with zero attached hydrogens (tertiary/aromatic N) is 4. The number of nitriles is 1. The zero-order valence-electron chi connectivity index (χ0n) is 20.4. The lowest BCUT2D eigenvalue weighted by atomic mass is 10.1. The molecule has 0 saturated carbocycles. The summed E-state index contributed by atoms with van der Waals surface area (Å²) >= 11 is 0. The highest BCUT2D eigenvalue weighted by Crippen LogP contribution is 2.40. The van der Waals surface area contributed by atoms with Gasteiger partial charge in [0.1, 0.15) is 11.8 Å². The Hall–Kier alpha value is -4.71. The van der Waals surface area contributed by atoms with Crippen LogP contribution in [-0.4, -0.2) is 4.98 Å². The largest absolute Gasteiger partial charge is 0.418 e. The van der Waals surface area contributed by atoms with Gasteiger partial charge in [-0.1, -0.05) is 47.5 Å². The second-order valence-electron chi connectivity index (χ2n) is 8.47. The molecule has 3 aromatic carbocycles. The maximum Gasteiger partial charge on any atom is 0.418 e. The van der Waals surface area contributed by atoms with Crippen molar-refractivity contribution in [1.82, 2.24) is 4.98 Å². The summed E-state index contributed by atoms with van der Waals surface area (Å²) in [4.78, 5) is 4.60. The first-order chi connectivity index (χ1) is 17.7. The molecule has 1 aromatic heterocycles. The Kier molecular flexibility index (Phi) is 7.20. The summed E-state index contributed by atoms with van der Waals surface area (Å²) in [7, 11) is 0. The van der Waals surface area contributed by atoms with Crippen LogP contribution in [0.15, 0.2) is 83.0 Å². The molecule has 186 valence electrons. The van der Waals surface area contributed by atoms with Crippen molar-refractivity contribution in [1.29, 1.82) is 5.26 Å². The predicted molar refractivity (Wildman–Crippen MR) is 138 cm³/mol. The predicted octanol–water partition coefficient (Wildman–Crippen LogP) is 8.80. The summed E-state index contributed by atoms with van der Waals surface area (Å²) in [5.74, 6) is 0.524. The summed E-state index contributed by atoms with van der Waals surface area (Å²) in [6, 6.07) is 22.1. The van der Waals surface area contributed by atoms with Crippen LogP contribution in [0, 0.1) is 32.1 Å². The van der Waals surface area contributed by atoms with Gasteiger partial charge < -0.3 is 10.6 Å². The van der Waals surface area contributed by atoms with Crippen molar-refractivity contribution in [3.8, 4) is 6.07 Å². The van der Waals surface area contributed by atoms with E-state index in [1.165, 1.54) is 18.2 Å². The van der Waals surface area contributed by atoms with Crippen LogP contribution in [0.3, 0.4) is 0 Å². The number of halogens is 3. The van der Waals surface area contributed by atoms with Gasteiger partial charge in [-0.05, 0) is 57.2 Å². The number of hydrogen-bond donors (Lipinski definition) is 2. The molecule has 1 heterocycles. The highest BCUT2D eigenvalue weighted by atomic mass is 19.4. The number of rotatable bonds is 6. The van der Waals surface area contributed by atoms with E-state index >= 15 is 0 Å². The second kappa shape index (κ2) is 10.5. The molecule has 4 rings (SSSR count). The fraction of sp³-hybridized carbons (Fsp3) is 0.143. The first kappa shape index (κ1) is 25.4. The van der Waals surface area contributed by atoms with Crippen LogP contribution in [0.25, 0.3) is 0 Å². The monoisotopic (exact) mass is 500 g/mol. The minimum atomic E-state index is -4.59. The third-order valence-corrected chi connectivity index (χ3v) is 5.62. The van der Waals surface area contributed by atoms with Crippen LogP contribution in [0.2, 0.25) is 0 Å². The van der Waals surface area contributed by atoms with Crippen molar-refractivity contribution >= 4 is 34.4 Å². The van der Waals surface area contributed by atoms with Crippen LogP contribution < -0.4 is 10.6 Å². The zero-order valence-corrected chi connectivity index (χ0v) is 20.4. The number of anilines is 4. The van der Waals surface area contributed by atoms with E-state index in [1.54, 1.807) is 6.92 Å². The van der Waals surface area contributed by atoms with Gasteiger partial charge in [-0.3, -0.25) is 0 Å². The fourth-order valence-electron chi connectivity index (χ4n) is 3.58. The Bertz CT molecular complexity index is 1490. The Labute approximate surface area is 212 Å². The molecule has 2 N–H and O–H groups in total. The molecule has 0 bridgehead atoms. The third-order valence-electron chi connectivity index (χ3n) is 5.62. The van der Waals surface area contributed by atoms with Crippen molar-refractivity contribution in [2.45, 2.75) is 26.9 Å². The van der Waals surface area contributed by atoms with Gasteiger partial charge in [-0.2, -0.15) is 18.4 Å². The maximum atomic E-state index is 13.5. The lowest BCUT2D eigenvalue weighted by Crippen LogP contribution is -2.05. The number of nitrogens with one attached hydrogen (secondary N) is 2. The molecule has 4 aromatic rings. The van der Waals surface area contributed by atoms with Crippen molar-refractivity contribution in [2.75, 3.05) is 10.6 Å². The standard InChI is InChI=1S/C28H23F3N6/c1-17-8-12-20(13-9-17)33-26-22(16-32)19(3)25(27(35-26)34-21-14-10-18(2)11-15-21)37-36-24-7-5-4-6-23(24)28(29,30)31/h4-15H,1-3H3,(H2,33,34,35)/b37-36+. The third kappa shape index (κ3) is 5.93. The fourth-order valence-corrected chi connectivity index (χ4v) is 3.58. The van der Waals surface area contributed by atoms with E-state index in [0.717, 1.165) is 22.9 Å². The molecule has 0 atom stereocenters. The summed E-state index contributed by atoms with van der Waals surface area (Å²) < 4.78 is 40.4. The van der Waals surface area contributed by atoms with Crippen LogP contribution in [0.1, 0.15) is 27.8 Å². The molecular formula is C28H23F3N6. The van der Waals surface area contributed by atoms with Crippen LogP contribution in [0.4, 0.5) is 47.6 Å². The Morgan fingerprint density at radius 3 is 1.84 bits per heavy atom. The topological polar surface area (TPSA) is 85.5 Å². The zero-order chi connectivity index (χ0) is 26.6. The summed E-state index contributed by atoms with van der Waals surface area (Å²) in [6.07, 6.45) is -4.59. The average molecular weight is 501 g/mol. The molecule has 0 aliphatic carbocycles. The summed E-state index contributed by atoms with van der Waals surface area (Å²) in [5, 5.41) is 24.3. The summed E-state index contributed by atoms with van der Waals surface area (Å²) in [5.41, 5.74) is 3.07. The Morgan fingerprint density at radius 1 is 0.757 bits per heavy atom. The number of benzene rings is 3. The van der Waals surface area contributed by atoms with Gasteiger partial charge in [0.2, 0.25) is 0 Å². The molecule has 0 saturated heterocycles. The smallest absolute Gasteiger partial charge is 0.339 e. The van der Waals surface area contributed by atoms with E-state index in [2.05, 4.69) is 31.9 Å². The van der Waals surface area contributed by atoms with Gasteiger partial charge in [-0.25, -0.2) is 4.98 Å². The number of alkyl halides is 3. The van der Waals surface area contributed by atoms with Gasteiger partial charge in [0, 0.05) is 16.9 Å². The molecule has 0 radical (unpaired) electrons. The molecule has 0 spiro atoms. The van der Waals surface area contributed by atoms with E-state index < -0.39 is 11.7 Å². The van der Waals surface area contributed by atoms with Crippen LogP contribution >= 0.6 is 0 Å². The van der Waals surface area contributed by atoms with Crippen molar-refractivity contribution < 1.29 is 13.2 Å². The summed E-state index contributed by atoms with van der Waals surface area (Å²) in [6.45, 7) is 5.58. The molecule has 9 heteroatoms.